The lowest BCUT2D eigenvalue weighted by molar-refractivity contribution is -0.114. The van der Waals surface area contributed by atoms with E-state index in [1.165, 1.54) is 16.8 Å². The molecule has 0 fully saturated rings. The molecule has 0 unspecified atom stereocenters. The Morgan fingerprint density at radius 3 is 2.70 bits per heavy atom. The quantitative estimate of drug-likeness (QED) is 0.764. The summed E-state index contributed by atoms with van der Waals surface area (Å²) >= 11 is 7.65. The Labute approximate surface area is 165 Å². The van der Waals surface area contributed by atoms with Gasteiger partial charge >= 0.3 is 0 Å². The molecule has 1 N–H and O–H groups in total. The highest BCUT2D eigenvalue weighted by Crippen LogP contribution is 2.30. The Hall–Kier alpha value is -2.64. The molecule has 4 rings (SSSR count). The van der Waals surface area contributed by atoms with Gasteiger partial charge in [0.1, 0.15) is 0 Å². The van der Waals surface area contributed by atoms with E-state index in [1.54, 1.807) is 6.08 Å². The highest BCUT2D eigenvalue weighted by atomic mass is 35.5. The average molecular weight is 398 g/mol. The van der Waals surface area contributed by atoms with Gasteiger partial charge in [-0.2, -0.15) is 15.1 Å². The van der Waals surface area contributed by atoms with Crippen LogP contribution in [0.25, 0.3) is 11.8 Å². The monoisotopic (exact) mass is 397 g/mol. The molecule has 1 aromatic carbocycles. The molecule has 2 aromatic rings. The zero-order valence-electron chi connectivity index (χ0n) is 14.9. The zero-order valence-corrected chi connectivity index (χ0v) is 16.5. The number of amides is 1. The van der Waals surface area contributed by atoms with Gasteiger partial charge in [0.15, 0.2) is 5.84 Å². The number of nitrogens with one attached hydrogen (secondary N) is 1. The summed E-state index contributed by atoms with van der Waals surface area (Å²) < 4.78 is 2.04. The number of aryl methyl sites for hydroxylation is 1. The van der Waals surface area contributed by atoms with Crippen LogP contribution in [0.4, 0.5) is 0 Å². The van der Waals surface area contributed by atoms with Gasteiger partial charge in [0.05, 0.1) is 21.3 Å². The summed E-state index contributed by atoms with van der Waals surface area (Å²) in [7, 11) is 0. The number of nitrogens with zero attached hydrogens (tertiary/aromatic N) is 4. The summed E-state index contributed by atoms with van der Waals surface area (Å²) in [6.07, 6.45) is 1.70. The number of carbonyl (C=O) groups excluding carboxylic acids is 1. The van der Waals surface area contributed by atoms with Crippen LogP contribution in [0.3, 0.4) is 0 Å². The summed E-state index contributed by atoms with van der Waals surface area (Å²) in [5.41, 5.74) is 3.85. The fourth-order valence-electron chi connectivity index (χ4n) is 3.18. The largest absolute Gasteiger partial charge is 0.316 e. The molecule has 6 nitrogen and oxygen atoms in total. The highest BCUT2D eigenvalue weighted by molar-refractivity contribution is 8.26. The Morgan fingerprint density at radius 1 is 1.22 bits per heavy atom. The molecule has 2 aliphatic heterocycles. The van der Waals surface area contributed by atoms with Crippen LogP contribution in [0.15, 0.2) is 46.0 Å². The number of thioether (sulfide) groups is 1. The van der Waals surface area contributed by atoms with Crippen LogP contribution in [-0.4, -0.2) is 31.5 Å². The number of rotatable bonds is 2. The number of fused-ring (bicyclic) bond motifs is 1. The van der Waals surface area contributed by atoms with Gasteiger partial charge in [-0.1, -0.05) is 23.7 Å². The van der Waals surface area contributed by atoms with Crippen LogP contribution < -0.4 is 0 Å². The molecule has 1 amide bonds. The molecular formula is C19H16ClN5OS. The van der Waals surface area contributed by atoms with E-state index in [2.05, 4.69) is 10.1 Å². The number of hydrazone groups is 1. The number of hydrogen-bond donors (Lipinski definition) is 1. The first kappa shape index (κ1) is 17.8. The molecule has 0 saturated heterocycles. The molecule has 0 saturated carbocycles. The molecule has 2 aliphatic rings. The molecule has 0 bridgehead atoms. The normalized spacial score (nSPS) is 18.1. The molecule has 8 heteroatoms. The van der Waals surface area contributed by atoms with Crippen molar-refractivity contribution in [3.8, 4) is 5.69 Å². The first-order valence-corrected chi connectivity index (χ1v) is 9.47. The van der Waals surface area contributed by atoms with Crippen LogP contribution in [0.2, 0.25) is 5.02 Å². The van der Waals surface area contributed by atoms with Crippen molar-refractivity contribution in [3.05, 3.63) is 57.9 Å². The van der Waals surface area contributed by atoms with E-state index in [0.29, 0.717) is 10.2 Å². The molecule has 0 radical (unpaired) electrons. The number of hydrogen-bond acceptors (Lipinski definition) is 4. The number of amidine groups is 2. The summed E-state index contributed by atoms with van der Waals surface area (Å²) in [5, 5.41) is 15.9. The third kappa shape index (κ3) is 2.93. The van der Waals surface area contributed by atoms with Crippen molar-refractivity contribution in [1.29, 1.82) is 5.41 Å². The van der Waals surface area contributed by atoms with Gasteiger partial charge in [0.25, 0.3) is 5.91 Å². The van der Waals surface area contributed by atoms with Crippen molar-refractivity contribution in [2.75, 3.05) is 0 Å². The highest BCUT2D eigenvalue weighted by Gasteiger charge is 2.34. The fraction of sp³-hybridized carbons (Fsp3) is 0.158. The van der Waals surface area contributed by atoms with E-state index in [0.717, 1.165) is 27.7 Å². The van der Waals surface area contributed by atoms with Crippen LogP contribution >= 0.6 is 23.4 Å². The van der Waals surface area contributed by atoms with Crippen molar-refractivity contribution in [1.82, 2.24) is 9.58 Å². The molecule has 0 atom stereocenters. The number of halogens is 1. The minimum Gasteiger partial charge on any atom is -0.316 e. The standard InChI is InChI=1S/C19H16ClN5OS/c1-10-8-13(11(2)24(10)16-7-5-4-6-15(16)20)9-14-17(21)25-19(22-18(14)26)27-12(3)23-25/h4-9,21H,1-3H3/b14-9+,21-17?. The molecule has 0 spiro atoms. The number of para-hydroxylation sites is 1. The van der Waals surface area contributed by atoms with Crippen LogP contribution in [0.1, 0.15) is 23.9 Å². The van der Waals surface area contributed by atoms with Crippen molar-refractivity contribution < 1.29 is 4.79 Å². The molecule has 1 aromatic heterocycles. The fourth-order valence-corrected chi connectivity index (χ4v) is 4.13. The third-order valence-corrected chi connectivity index (χ3v) is 5.56. The van der Waals surface area contributed by atoms with E-state index in [4.69, 9.17) is 17.0 Å². The lowest BCUT2D eigenvalue weighted by atomic mass is 10.1. The topological polar surface area (TPSA) is 73.8 Å². The zero-order chi connectivity index (χ0) is 19.3. The predicted octanol–water partition coefficient (Wildman–Crippen LogP) is 4.39. The molecule has 0 aliphatic carbocycles. The summed E-state index contributed by atoms with van der Waals surface area (Å²) in [6, 6.07) is 9.58. The van der Waals surface area contributed by atoms with Gasteiger partial charge in [0, 0.05) is 11.4 Å². The minimum absolute atomic E-state index is 0.0388. The van der Waals surface area contributed by atoms with Gasteiger partial charge in [-0.25, -0.2) is 0 Å². The maximum atomic E-state index is 12.5. The van der Waals surface area contributed by atoms with Gasteiger partial charge in [-0.3, -0.25) is 10.2 Å². The Bertz CT molecular complexity index is 1100. The van der Waals surface area contributed by atoms with E-state index in [-0.39, 0.29) is 11.4 Å². The SMILES string of the molecule is CC1=NN2C(=N)/C(=C\c3cc(C)n(-c4ccccc4Cl)c3C)C(=O)N=C2S1. The predicted molar refractivity (Wildman–Crippen MR) is 111 cm³/mol. The molecule has 3 heterocycles. The van der Waals surface area contributed by atoms with E-state index in [1.807, 2.05) is 55.7 Å². The van der Waals surface area contributed by atoms with Crippen molar-refractivity contribution in [3.63, 3.8) is 0 Å². The second-order valence-corrected chi connectivity index (χ2v) is 7.82. The minimum atomic E-state index is -0.425. The van der Waals surface area contributed by atoms with Crippen molar-refractivity contribution in [2.24, 2.45) is 10.1 Å². The average Bonchev–Trinajstić information content (AvgIpc) is 3.12. The number of aliphatic imine (C=N–C) groups is 1. The van der Waals surface area contributed by atoms with E-state index >= 15 is 0 Å². The van der Waals surface area contributed by atoms with E-state index in [9.17, 15) is 4.79 Å². The van der Waals surface area contributed by atoms with Gasteiger partial charge < -0.3 is 4.57 Å². The summed E-state index contributed by atoms with van der Waals surface area (Å²) in [5.74, 6) is -0.386. The van der Waals surface area contributed by atoms with Crippen molar-refractivity contribution in [2.45, 2.75) is 20.8 Å². The lowest BCUT2D eigenvalue weighted by Gasteiger charge is -2.20. The maximum absolute atomic E-state index is 12.5. The molecule has 136 valence electrons. The maximum Gasteiger partial charge on any atom is 0.283 e. The number of carbonyl (C=O) groups is 1. The van der Waals surface area contributed by atoms with Crippen LogP contribution in [-0.2, 0) is 4.79 Å². The summed E-state index contributed by atoms with van der Waals surface area (Å²) in [6.45, 7) is 5.76. The first-order chi connectivity index (χ1) is 12.9. The van der Waals surface area contributed by atoms with Gasteiger partial charge in [-0.15, -0.1) is 0 Å². The Kier molecular flexibility index (Phi) is 4.28. The number of benzene rings is 1. The van der Waals surface area contributed by atoms with Gasteiger partial charge in [-0.05, 0) is 62.4 Å². The molecular weight excluding hydrogens is 382 g/mol. The third-order valence-electron chi connectivity index (χ3n) is 4.42. The summed E-state index contributed by atoms with van der Waals surface area (Å²) in [4.78, 5) is 16.5. The van der Waals surface area contributed by atoms with Crippen LogP contribution in [0.5, 0.6) is 0 Å². The Balaban J connectivity index is 1.80. The van der Waals surface area contributed by atoms with Gasteiger partial charge in [0.2, 0.25) is 5.17 Å². The smallest absolute Gasteiger partial charge is 0.283 e. The Morgan fingerprint density at radius 2 is 1.96 bits per heavy atom. The first-order valence-electron chi connectivity index (χ1n) is 8.27. The number of aromatic nitrogens is 1. The van der Waals surface area contributed by atoms with E-state index < -0.39 is 5.91 Å². The van der Waals surface area contributed by atoms with Crippen LogP contribution in [0, 0.1) is 19.3 Å². The second-order valence-electron chi connectivity index (χ2n) is 6.25. The lowest BCUT2D eigenvalue weighted by Crippen LogP contribution is -2.35. The second kappa shape index (κ2) is 6.51. The van der Waals surface area contributed by atoms with Crippen molar-refractivity contribution >= 4 is 51.4 Å². The molecule has 27 heavy (non-hydrogen) atoms.